The predicted octanol–water partition coefficient (Wildman–Crippen LogP) is 4.26. The number of H-pyrrole nitrogens is 1. The van der Waals surface area contributed by atoms with E-state index in [9.17, 15) is 4.39 Å². The third kappa shape index (κ3) is 2.27. The maximum atomic E-state index is 13.7. The fourth-order valence-electron chi connectivity index (χ4n) is 1.81. The Kier molecular flexibility index (Phi) is 3.68. The Morgan fingerprint density at radius 1 is 1.44 bits per heavy atom. The summed E-state index contributed by atoms with van der Waals surface area (Å²) in [5, 5.41) is 6.96. The van der Waals surface area contributed by atoms with Crippen molar-refractivity contribution >= 4 is 28.1 Å². The number of halogens is 2. The molecule has 96 valence electrons. The van der Waals surface area contributed by atoms with Crippen molar-refractivity contribution in [1.82, 2.24) is 14.8 Å². The first-order chi connectivity index (χ1) is 8.41. The molecule has 2 aromatic rings. The Bertz CT molecular complexity index is 645. The summed E-state index contributed by atoms with van der Waals surface area (Å²) in [5.74, 6) is 0.683. The summed E-state index contributed by atoms with van der Waals surface area (Å²) in [6.45, 7) is 5.95. The molecule has 0 bridgehead atoms. The molecule has 0 saturated heterocycles. The summed E-state index contributed by atoms with van der Waals surface area (Å²) in [4.78, 5) is 0. The highest BCUT2D eigenvalue weighted by atomic mass is 79.9. The van der Waals surface area contributed by atoms with E-state index in [0.717, 1.165) is 17.1 Å². The molecule has 0 radical (unpaired) electrons. The van der Waals surface area contributed by atoms with Crippen LogP contribution < -0.4 is 0 Å². The van der Waals surface area contributed by atoms with Gasteiger partial charge in [-0.05, 0) is 52.8 Å². The maximum absolute atomic E-state index is 13.7. The number of aromatic nitrogens is 3. The molecule has 1 aromatic heterocycles. The number of hydrogen-bond acceptors (Lipinski definition) is 2. The van der Waals surface area contributed by atoms with Gasteiger partial charge in [0.1, 0.15) is 11.6 Å². The topological polar surface area (TPSA) is 33.6 Å². The molecule has 0 atom stereocenters. The Labute approximate surface area is 118 Å². The lowest BCUT2D eigenvalue weighted by Gasteiger charge is -2.12. The second kappa shape index (κ2) is 4.93. The number of aromatic amines is 1. The highest BCUT2D eigenvalue weighted by Gasteiger charge is 2.15. The molecule has 0 amide bonds. The first-order valence-corrected chi connectivity index (χ1v) is 6.75. The van der Waals surface area contributed by atoms with Gasteiger partial charge in [0, 0.05) is 5.92 Å². The van der Waals surface area contributed by atoms with Crippen molar-refractivity contribution in [3.63, 3.8) is 0 Å². The van der Waals surface area contributed by atoms with E-state index in [-0.39, 0.29) is 11.7 Å². The van der Waals surface area contributed by atoms with Crippen LogP contribution in [0.3, 0.4) is 0 Å². The average molecular weight is 330 g/mol. The van der Waals surface area contributed by atoms with E-state index in [0.29, 0.717) is 9.24 Å². The van der Waals surface area contributed by atoms with Crippen LogP contribution in [0, 0.1) is 17.5 Å². The highest BCUT2D eigenvalue weighted by molar-refractivity contribution is 9.10. The summed E-state index contributed by atoms with van der Waals surface area (Å²) in [6, 6.07) is 3.21. The van der Waals surface area contributed by atoms with Gasteiger partial charge in [0.05, 0.1) is 10.2 Å². The first kappa shape index (κ1) is 13.4. The third-order valence-corrected chi connectivity index (χ3v) is 3.58. The Hall–Kier alpha value is -1.01. The SMILES string of the molecule is Cc1cc(Br)c(F)cc1-n1c(C(C)C)n[nH]c1=S. The summed E-state index contributed by atoms with van der Waals surface area (Å²) in [5.41, 5.74) is 1.65. The molecule has 1 aromatic carbocycles. The van der Waals surface area contributed by atoms with Crippen molar-refractivity contribution in [2.75, 3.05) is 0 Å². The van der Waals surface area contributed by atoms with Gasteiger partial charge in [-0.15, -0.1) is 0 Å². The molecule has 0 aliphatic rings. The van der Waals surface area contributed by atoms with Gasteiger partial charge < -0.3 is 0 Å². The number of aryl methyl sites for hydroxylation is 1. The van der Waals surface area contributed by atoms with Crippen LogP contribution in [0.5, 0.6) is 0 Å². The Balaban J connectivity index is 2.73. The van der Waals surface area contributed by atoms with E-state index < -0.39 is 0 Å². The number of nitrogens with zero attached hydrogens (tertiary/aromatic N) is 2. The van der Waals surface area contributed by atoms with Gasteiger partial charge in [0.15, 0.2) is 4.77 Å². The largest absolute Gasteiger partial charge is 0.272 e. The van der Waals surface area contributed by atoms with Crippen LogP contribution in [0.25, 0.3) is 5.69 Å². The summed E-state index contributed by atoms with van der Waals surface area (Å²) in [7, 11) is 0. The van der Waals surface area contributed by atoms with Crippen molar-refractivity contribution < 1.29 is 4.39 Å². The van der Waals surface area contributed by atoms with E-state index >= 15 is 0 Å². The van der Waals surface area contributed by atoms with Crippen molar-refractivity contribution in [3.05, 3.63) is 38.6 Å². The van der Waals surface area contributed by atoms with E-state index in [2.05, 4.69) is 26.1 Å². The summed E-state index contributed by atoms with van der Waals surface area (Å²) >= 11 is 8.40. The van der Waals surface area contributed by atoms with Crippen LogP contribution in [0.15, 0.2) is 16.6 Å². The minimum Gasteiger partial charge on any atom is -0.272 e. The van der Waals surface area contributed by atoms with Gasteiger partial charge in [-0.1, -0.05) is 13.8 Å². The molecule has 0 fully saturated rings. The van der Waals surface area contributed by atoms with Gasteiger partial charge in [-0.3, -0.25) is 9.67 Å². The molecule has 0 spiro atoms. The minimum atomic E-state index is -0.312. The van der Waals surface area contributed by atoms with Crippen LogP contribution in [0.1, 0.15) is 31.2 Å². The summed E-state index contributed by atoms with van der Waals surface area (Å²) in [6.07, 6.45) is 0. The normalized spacial score (nSPS) is 11.2. The van der Waals surface area contributed by atoms with Gasteiger partial charge in [-0.2, -0.15) is 5.10 Å². The van der Waals surface area contributed by atoms with Crippen molar-refractivity contribution in [1.29, 1.82) is 0 Å². The average Bonchev–Trinajstić information content (AvgIpc) is 2.66. The maximum Gasteiger partial charge on any atom is 0.199 e. The monoisotopic (exact) mass is 329 g/mol. The molecule has 1 heterocycles. The smallest absolute Gasteiger partial charge is 0.199 e. The molecule has 18 heavy (non-hydrogen) atoms. The third-order valence-electron chi connectivity index (χ3n) is 2.69. The molecule has 1 N–H and O–H groups in total. The fraction of sp³-hybridized carbons (Fsp3) is 0.333. The van der Waals surface area contributed by atoms with E-state index in [4.69, 9.17) is 12.2 Å². The zero-order chi connectivity index (χ0) is 13.4. The number of benzene rings is 1. The van der Waals surface area contributed by atoms with Crippen LogP contribution >= 0.6 is 28.1 Å². The van der Waals surface area contributed by atoms with Crippen LogP contribution in [-0.2, 0) is 0 Å². The number of nitrogens with one attached hydrogen (secondary N) is 1. The van der Waals surface area contributed by atoms with Crippen molar-refractivity contribution in [2.24, 2.45) is 0 Å². The predicted molar refractivity (Wildman–Crippen MR) is 75.2 cm³/mol. The summed E-state index contributed by atoms with van der Waals surface area (Å²) < 4.78 is 16.4. The van der Waals surface area contributed by atoms with E-state index in [1.54, 1.807) is 10.6 Å². The van der Waals surface area contributed by atoms with Crippen LogP contribution in [0.2, 0.25) is 0 Å². The minimum absolute atomic E-state index is 0.198. The molecule has 0 aliphatic heterocycles. The van der Waals surface area contributed by atoms with E-state index in [1.807, 2.05) is 20.8 Å². The van der Waals surface area contributed by atoms with Crippen LogP contribution in [-0.4, -0.2) is 14.8 Å². The van der Waals surface area contributed by atoms with Crippen molar-refractivity contribution in [2.45, 2.75) is 26.7 Å². The quantitative estimate of drug-likeness (QED) is 0.835. The molecule has 3 nitrogen and oxygen atoms in total. The zero-order valence-electron chi connectivity index (χ0n) is 10.3. The lowest BCUT2D eigenvalue weighted by molar-refractivity contribution is 0.618. The fourth-order valence-corrected chi connectivity index (χ4v) is 2.50. The lowest BCUT2D eigenvalue weighted by Crippen LogP contribution is -2.05. The number of hydrogen-bond donors (Lipinski definition) is 1. The molecule has 0 unspecified atom stereocenters. The van der Waals surface area contributed by atoms with Crippen LogP contribution in [0.4, 0.5) is 4.39 Å². The molecule has 0 aliphatic carbocycles. The molecule has 0 saturated carbocycles. The second-order valence-corrected chi connectivity index (χ2v) is 5.67. The molecule has 6 heteroatoms. The first-order valence-electron chi connectivity index (χ1n) is 5.55. The van der Waals surface area contributed by atoms with E-state index in [1.165, 1.54) is 6.07 Å². The molecule has 2 rings (SSSR count). The highest BCUT2D eigenvalue weighted by Crippen LogP contribution is 2.25. The Morgan fingerprint density at radius 2 is 2.11 bits per heavy atom. The molecular weight excluding hydrogens is 317 g/mol. The number of rotatable bonds is 2. The van der Waals surface area contributed by atoms with Gasteiger partial charge in [0.25, 0.3) is 0 Å². The van der Waals surface area contributed by atoms with Crippen molar-refractivity contribution in [3.8, 4) is 5.69 Å². The van der Waals surface area contributed by atoms with Gasteiger partial charge in [0.2, 0.25) is 0 Å². The van der Waals surface area contributed by atoms with Gasteiger partial charge in [-0.25, -0.2) is 4.39 Å². The zero-order valence-corrected chi connectivity index (χ0v) is 12.7. The Morgan fingerprint density at radius 3 is 2.72 bits per heavy atom. The standard InChI is InChI=1S/C12H13BrFN3S/c1-6(2)11-15-16-12(18)17(11)10-5-9(14)8(13)4-7(10)3/h4-6H,1-3H3,(H,16,18). The van der Waals surface area contributed by atoms with Gasteiger partial charge >= 0.3 is 0 Å². The molecular formula is C12H13BrFN3S. The lowest BCUT2D eigenvalue weighted by atomic mass is 10.1. The second-order valence-electron chi connectivity index (χ2n) is 4.43.